The van der Waals surface area contributed by atoms with E-state index in [4.69, 9.17) is 0 Å². The van der Waals surface area contributed by atoms with Gasteiger partial charge in [0.05, 0.1) is 17.0 Å². The molecule has 0 radical (unpaired) electrons. The van der Waals surface area contributed by atoms with Crippen molar-refractivity contribution >= 4 is 39.8 Å². The Morgan fingerprint density at radius 1 is 1.28 bits per heavy atom. The summed E-state index contributed by atoms with van der Waals surface area (Å²) >= 11 is 0. The number of alkyl halides is 2. The first kappa shape index (κ1) is 24.8. The summed E-state index contributed by atoms with van der Waals surface area (Å²) in [5, 5.41) is 6.25. The lowest BCUT2D eigenvalue weighted by atomic mass is 10.1. The second-order valence-corrected chi connectivity index (χ2v) is 9.90. The van der Waals surface area contributed by atoms with Crippen LogP contribution < -0.4 is 10.6 Å². The van der Waals surface area contributed by atoms with Gasteiger partial charge < -0.3 is 10.6 Å². The van der Waals surface area contributed by atoms with Crippen LogP contribution in [0.3, 0.4) is 0 Å². The number of sulfone groups is 1. The molecule has 1 heterocycles. The third kappa shape index (κ3) is 8.80. The van der Waals surface area contributed by atoms with Gasteiger partial charge in [-0.1, -0.05) is 0 Å². The lowest BCUT2D eigenvalue weighted by molar-refractivity contribution is 0.0744. The molecule has 0 aromatic carbocycles. The Bertz CT molecular complexity index is 516. The smallest absolute Gasteiger partial charge is 0.251 e. The van der Waals surface area contributed by atoms with Gasteiger partial charge in [-0.25, -0.2) is 17.2 Å². The number of hydrogen-bond donors (Lipinski definition) is 2. The monoisotopic (exact) mass is 496 g/mol. The molecule has 0 aromatic heterocycles. The number of halogens is 3. The van der Waals surface area contributed by atoms with Gasteiger partial charge in [-0.2, -0.15) is 0 Å². The molecule has 150 valence electrons. The van der Waals surface area contributed by atoms with Crippen LogP contribution in [0, 0.1) is 0 Å². The first-order chi connectivity index (χ1) is 11.0. The zero-order valence-corrected chi connectivity index (χ0v) is 18.5. The molecule has 1 aliphatic rings. The lowest BCUT2D eigenvalue weighted by Gasteiger charge is -2.32. The van der Waals surface area contributed by atoms with Crippen LogP contribution in [0.5, 0.6) is 0 Å². The summed E-state index contributed by atoms with van der Waals surface area (Å²) in [6.07, 6.45) is -0.782. The third-order valence-corrected chi connectivity index (χ3v) is 6.75. The predicted molar refractivity (Wildman–Crippen MR) is 109 cm³/mol. The average molecular weight is 496 g/mol. The minimum Gasteiger partial charge on any atom is -0.355 e. The highest BCUT2D eigenvalue weighted by atomic mass is 127. The largest absolute Gasteiger partial charge is 0.355 e. The van der Waals surface area contributed by atoms with E-state index in [2.05, 4.69) is 15.6 Å². The van der Waals surface area contributed by atoms with E-state index in [9.17, 15) is 17.2 Å². The molecule has 0 bridgehead atoms. The van der Waals surface area contributed by atoms with Crippen LogP contribution in [-0.4, -0.2) is 75.5 Å². The number of rotatable bonds is 6. The van der Waals surface area contributed by atoms with E-state index < -0.39 is 21.0 Å². The van der Waals surface area contributed by atoms with Crippen LogP contribution in [0.2, 0.25) is 0 Å². The minimum atomic E-state index is -3.18. The summed E-state index contributed by atoms with van der Waals surface area (Å²) < 4.78 is 48.1. The van der Waals surface area contributed by atoms with Gasteiger partial charge in [-0.05, 0) is 33.6 Å². The Morgan fingerprint density at radius 2 is 1.84 bits per heavy atom. The zero-order valence-electron chi connectivity index (χ0n) is 15.4. The predicted octanol–water partition coefficient (Wildman–Crippen LogP) is 1.71. The molecule has 0 aromatic rings. The Morgan fingerprint density at radius 3 is 2.28 bits per heavy atom. The van der Waals surface area contributed by atoms with Crippen molar-refractivity contribution in [3.05, 3.63) is 0 Å². The van der Waals surface area contributed by atoms with Crippen LogP contribution >= 0.6 is 24.0 Å². The molecule has 0 unspecified atom stereocenters. The lowest BCUT2D eigenvalue weighted by Crippen LogP contribution is -2.50. The van der Waals surface area contributed by atoms with Crippen LogP contribution in [0.15, 0.2) is 4.99 Å². The number of guanidine groups is 1. The van der Waals surface area contributed by atoms with E-state index in [0.717, 1.165) is 12.8 Å². The fourth-order valence-corrected chi connectivity index (χ4v) is 3.44. The molecule has 1 fully saturated rings. The number of nitrogens with zero attached hydrogens (tertiary/aromatic N) is 2. The number of aliphatic imine (C=N–C) groups is 1. The molecule has 25 heavy (non-hydrogen) atoms. The van der Waals surface area contributed by atoms with Crippen molar-refractivity contribution in [3.8, 4) is 0 Å². The van der Waals surface area contributed by atoms with Crippen molar-refractivity contribution in [2.45, 2.75) is 50.8 Å². The van der Waals surface area contributed by atoms with Crippen LogP contribution in [-0.2, 0) is 9.84 Å². The number of piperidine rings is 1. The number of hydrogen-bond acceptors (Lipinski definition) is 4. The van der Waals surface area contributed by atoms with Crippen molar-refractivity contribution in [3.63, 3.8) is 0 Å². The second kappa shape index (κ2) is 10.8. The maximum atomic E-state index is 12.4. The molecule has 6 nitrogen and oxygen atoms in total. The Hall–Kier alpha value is -0.230. The number of nitrogens with one attached hydrogen (secondary N) is 2. The van der Waals surface area contributed by atoms with E-state index >= 15 is 0 Å². The van der Waals surface area contributed by atoms with E-state index in [1.54, 1.807) is 32.7 Å². The molecular weight excluding hydrogens is 465 g/mol. The van der Waals surface area contributed by atoms with Gasteiger partial charge in [-0.3, -0.25) is 9.89 Å². The highest BCUT2D eigenvalue weighted by Gasteiger charge is 2.28. The Balaban J connectivity index is 0.00000576. The van der Waals surface area contributed by atoms with Crippen molar-refractivity contribution in [1.82, 2.24) is 15.5 Å². The molecule has 0 saturated carbocycles. The van der Waals surface area contributed by atoms with E-state index in [1.807, 2.05) is 0 Å². The zero-order chi connectivity index (χ0) is 18.4. The van der Waals surface area contributed by atoms with Crippen LogP contribution in [0.4, 0.5) is 8.78 Å². The molecular formula is C15H31F2IN4O2S. The first-order valence-electron chi connectivity index (χ1n) is 8.25. The molecule has 1 aliphatic heterocycles. The summed E-state index contributed by atoms with van der Waals surface area (Å²) in [7, 11) is -1.55. The van der Waals surface area contributed by atoms with Crippen LogP contribution in [0.1, 0.15) is 33.6 Å². The summed E-state index contributed by atoms with van der Waals surface area (Å²) in [6, 6.07) is 0.157. The second-order valence-electron chi connectivity index (χ2n) is 7.04. The summed E-state index contributed by atoms with van der Waals surface area (Å²) in [5.41, 5.74) is 0. The molecule has 1 rings (SSSR count). The van der Waals surface area contributed by atoms with Gasteiger partial charge in [0.2, 0.25) is 0 Å². The van der Waals surface area contributed by atoms with Gasteiger partial charge in [0.15, 0.2) is 15.8 Å². The Labute approximate surface area is 167 Å². The average Bonchev–Trinajstić information content (AvgIpc) is 2.46. The van der Waals surface area contributed by atoms with E-state index in [1.165, 1.54) is 0 Å². The van der Waals surface area contributed by atoms with Crippen molar-refractivity contribution in [2.75, 3.05) is 39.0 Å². The highest BCUT2D eigenvalue weighted by molar-refractivity contribution is 14.0. The maximum Gasteiger partial charge on any atom is 0.251 e. The minimum absolute atomic E-state index is 0. The first-order valence-corrected chi connectivity index (χ1v) is 9.90. The van der Waals surface area contributed by atoms with Crippen molar-refractivity contribution in [2.24, 2.45) is 4.99 Å². The fraction of sp³-hybridized carbons (Fsp3) is 0.933. The van der Waals surface area contributed by atoms with E-state index in [-0.39, 0.29) is 48.9 Å². The molecule has 2 N–H and O–H groups in total. The molecule has 1 saturated heterocycles. The summed E-state index contributed by atoms with van der Waals surface area (Å²) in [4.78, 5) is 5.86. The molecule has 0 amide bonds. The highest BCUT2D eigenvalue weighted by Crippen LogP contribution is 2.15. The number of likely N-dealkylation sites (tertiary alicyclic amines) is 1. The SMILES string of the molecule is CN=C(NCCS(=O)(=O)C(C)(C)C)NC1CCN(CC(F)F)CC1.I. The summed E-state index contributed by atoms with van der Waals surface area (Å²) in [5.74, 6) is 0.579. The standard InChI is InChI=1S/C15H30F2N4O2S.HI/c1-15(2,3)24(22,23)10-7-19-14(18-4)20-12-5-8-21(9-6-12)11-13(16)17;/h12-13H,5-11H2,1-4H3,(H2,18,19,20);1H. The molecule has 0 atom stereocenters. The van der Waals surface area contributed by atoms with Gasteiger partial charge in [0.25, 0.3) is 6.43 Å². The van der Waals surface area contributed by atoms with Gasteiger partial charge in [-0.15, -0.1) is 24.0 Å². The van der Waals surface area contributed by atoms with Crippen LogP contribution in [0.25, 0.3) is 0 Å². The molecule has 0 aliphatic carbocycles. The fourth-order valence-electron chi connectivity index (χ4n) is 2.45. The van der Waals surface area contributed by atoms with E-state index in [0.29, 0.717) is 19.0 Å². The molecule has 10 heteroatoms. The molecule has 0 spiro atoms. The topological polar surface area (TPSA) is 73.8 Å². The van der Waals surface area contributed by atoms with Gasteiger partial charge >= 0.3 is 0 Å². The third-order valence-electron chi connectivity index (χ3n) is 4.14. The normalized spacial score (nSPS) is 18.1. The Kier molecular flexibility index (Phi) is 10.7. The quantitative estimate of drug-likeness (QED) is 0.333. The summed E-state index contributed by atoms with van der Waals surface area (Å²) in [6.45, 7) is 6.40. The van der Waals surface area contributed by atoms with Gasteiger partial charge in [0.1, 0.15) is 0 Å². The van der Waals surface area contributed by atoms with Gasteiger partial charge in [0, 0.05) is 32.7 Å². The van der Waals surface area contributed by atoms with Crippen molar-refractivity contribution in [1.29, 1.82) is 0 Å². The maximum absolute atomic E-state index is 12.4. The van der Waals surface area contributed by atoms with Crippen molar-refractivity contribution < 1.29 is 17.2 Å².